The van der Waals surface area contributed by atoms with E-state index in [2.05, 4.69) is 15.2 Å². The van der Waals surface area contributed by atoms with Gasteiger partial charge in [0, 0.05) is 47.5 Å². The molecule has 1 fully saturated rings. The van der Waals surface area contributed by atoms with Crippen LogP contribution in [0.15, 0.2) is 53.6 Å². The minimum atomic E-state index is -3.76. The zero-order chi connectivity index (χ0) is 22.9. The molecule has 0 bridgehead atoms. The molecule has 12 heteroatoms. The zero-order valence-corrected chi connectivity index (χ0v) is 19.2. The maximum Gasteiger partial charge on any atom is 0.244 e. The van der Waals surface area contributed by atoms with Crippen molar-refractivity contribution in [2.45, 2.75) is 11.4 Å². The van der Waals surface area contributed by atoms with E-state index >= 15 is 0 Å². The van der Waals surface area contributed by atoms with Crippen LogP contribution in [0.1, 0.15) is 0 Å². The number of nitrogens with zero attached hydrogens (tertiary/aromatic N) is 5. The number of primary sulfonamides is 1. The third kappa shape index (κ3) is 5.21. The van der Waals surface area contributed by atoms with Gasteiger partial charge in [-0.25, -0.2) is 18.2 Å². The van der Waals surface area contributed by atoms with Crippen molar-refractivity contribution in [1.82, 2.24) is 19.9 Å². The van der Waals surface area contributed by atoms with Crippen LogP contribution < -0.4 is 10.0 Å². The second-order valence-corrected chi connectivity index (χ2v) is 9.80. The van der Waals surface area contributed by atoms with Gasteiger partial charge in [-0.15, -0.1) is 5.10 Å². The topological polar surface area (TPSA) is 114 Å². The Morgan fingerprint density at radius 1 is 1.00 bits per heavy atom. The monoisotopic (exact) mass is 494 g/mol. The lowest BCUT2D eigenvalue weighted by Gasteiger charge is -2.36. The maximum absolute atomic E-state index is 12.7. The van der Waals surface area contributed by atoms with Gasteiger partial charge in [0.05, 0.1) is 11.1 Å². The highest BCUT2D eigenvalue weighted by atomic mass is 35.5. The minimum absolute atomic E-state index is 0.0167. The number of sulfonamides is 1. The Kier molecular flexibility index (Phi) is 6.38. The van der Waals surface area contributed by atoms with Crippen molar-refractivity contribution in [2.24, 2.45) is 5.14 Å². The van der Waals surface area contributed by atoms with Crippen molar-refractivity contribution in [3.8, 4) is 11.3 Å². The first-order chi connectivity index (χ1) is 15.2. The Labute approximate surface area is 195 Å². The lowest BCUT2D eigenvalue weighted by Crippen LogP contribution is -2.49. The fourth-order valence-electron chi connectivity index (χ4n) is 3.50. The number of carbonyl (C=O) groups excluding carboxylic acids is 1. The number of nitrogens with two attached hydrogens (primary N) is 1. The molecule has 9 nitrogen and oxygen atoms in total. The molecule has 1 aliphatic rings. The van der Waals surface area contributed by atoms with Gasteiger partial charge in [-0.05, 0) is 30.3 Å². The molecule has 4 rings (SSSR count). The number of benzene rings is 2. The van der Waals surface area contributed by atoms with Crippen molar-refractivity contribution < 1.29 is 13.2 Å². The van der Waals surface area contributed by atoms with Crippen LogP contribution in [0.3, 0.4) is 0 Å². The normalized spacial score (nSPS) is 14.6. The summed E-state index contributed by atoms with van der Waals surface area (Å²) in [5.74, 6) is -0.0604. The summed E-state index contributed by atoms with van der Waals surface area (Å²) in [6.45, 7) is 2.53. The summed E-state index contributed by atoms with van der Waals surface area (Å²) in [4.78, 5) is 16.7. The van der Waals surface area contributed by atoms with E-state index in [0.29, 0.717) is 47.5 Å². The number of amides is 1. The van der Waals surface area contributed by atoms with Gasteiger partial charge >= 0.3 is 0 Å². The average Bonchev–Trinajstić information content (AvgIpc) is 3.21. The first-order valence-electron chi connectivity index (χ1n) is 9.71. The molecule has 2 aromatic carbocycles. The predicted octanol–water partition coefficient (Wildman–Crippen LogP) is 2.25. The zero-order valence-electron chi connectivity index (χ0n) is 16.9. The van der Waals surface area contributed by atoms with Crippen molar-refractivity contribution >= 4 is 44.8 Å². The molecule has 168 valence electrons. The summed E-state index contributed by atoms with van der Waals surface area (Å²) < 4.78 is 24.2. The molecule has 0 saturated carbocycles. The Morgan fingerprint density at radius 3 is 2.22 bits per heavy atom. The molecular weight excluding hydrogens is 475 g/mol. The van der Waals surface area contributed by atoms with E-state index in [1.807, 2.05) is 12.1 Å². The Bertz CT molecular complexity index is 1220. The lowest BCUT2D eigenvalue weighted by molar-refractivity contribution is -0.132. The highest BCUT2D eigenvalue weighted by Crippen LogP contribution is 2.26. The van der Waals surface area contributed by atoms with E-state index < -0.39 is 10.0 Å². The SMILES string of the molecule is NS(=O)(=O)c1ccc(-c2cn(CC(=O)N3CCN(c4cc(Cl)cc(Cl)c4)CC3)nn2)cc1. The van der Waals surface area contributed by atoms with Crippen molar-refractivity contribution in [2.75, 3.05) is 31.1 Å². The van der Waals surface area contributed by atoms with E-state index in [1.54, 1.807) is 29.3 Å². The third-order valence-corrected chi connectivity index (χ3v) is 6.53. The fourth-order valence-corrected chi connectivity index (χ4v) is 4.53. The van der Waals surface area contributed by atoms with Crippen LogP contribution in [0, 0.1) is 0 Å². The van der Waals surface area contributed by atoms with Gasteiger partial charge in [-0.2, -0.15) is 0 Å². The molecule has 0 spiro atoms. The molecule has 2 heterocycles. The molecule has 32 heavy (non-hydrogen) atoms. The Hall–Kier alpha value is -2.66. The molecule has 1 saturated heterocycles. The first kappa shape index (κ1) is 22.5. The molecule has 1 aromatic heterocycles. The summed E-state index contributed by atoms with van der Waals surface area (Å²) >= 11 is 12.2. The summed E-state index contributed by atoms with van der Waals surface area (Å²) in [7, 11) is -3.76. The minimum Gasteiger partial charge on any atom is -0.368 e. The Morgan fingerprint density at radius 2 is 1.62 bits per heavy atom. The quantitative estimate of drug-likeness (QED) is 0.581. The van der Waals surface area contributed by atoms with E-state index in [9.17, 15) is 13.2 Å². The lowest BCUT2D eigenvalue weighted by atomic mass is 10.2. The van der Waals surface area contributed by atoms with Crippen molar-refractivity contribution in [3.63, 3.8) is 0 Å². The fraction of sp³-hybridized carbons (Fsp3) is 0.250. The predicted molar refractivity (Wildman–Crippen MR) is 122 cm³/mol. The summed E-state index contributed by atoms with van der Waals surface area (Å²) in [5, 5.41) is 14.4. The highest BCUT2D eigenvalue weighted by molar-refractivity contribution is 7.89. The van der Waals surface area contributed by atoms with Gasteiger partial charge in [0.25, 0.3) is 0 Å². The summed E-state index contributed by atoms with van der Waals surface area (Å²) in [6, 6.07) is 11.4. The van der Waals surface area contributed by atoms with Gasteiger partial charge in [0.1, 0.15) is 12.2 Å². The molecule has 0 radical (unpaired) electrons. The van der Waals surface area contributed by atoms with Gasteiger partial charge in [-0.3, -0.25) is 4.79 Å². The number of rotatable bonds is 5. The Balaban J connectivity index is 1.35. The largest absolute Gasteiger partial charge is 0.368 e. The van der Waals surface area contributed by atoms with E-state index in [4.69, 9.17) is 28.3 Å². The second-order valence-electron chi connectivity index (χ2n) is 7.37. The molecule has 1 amide bonds. The van der Waals surface area contributed by atoms with Crippen LogP contribution in [0.5, 0.6) is 0 Å². The van der Waals surface area contributed by atoms with Gasteiger partial charge in [0.15, 0.2) is 0 Å². The van der Waals surface area contributed by atoms with E-state index in [1.165, 1.54) is 16.8 Å². The van der Waals surface area contributed by atoms with Crippen LogP contribution in [0.4, 0.5) is 5.69 Å². The molecule has 3 aromatic rings. The van der Waals surface area contributed by atoms with Gasteiger partial charge in [-0.1, -0.05) is 40.5 Å². The van der Waals surface area contributed by atoms with Crippen LogP contribution in [0.2, 0.25) is 10.0 Å². The summed E-state index contributed by atoms with van der Waals surface area (Å²) in [5.41, 5.74) is 2.13. The van der Waals surface area contributed by atoms with Gasteiger partial charge in [0.2, 0.25) is 15.9 Å². The molecular formula is C20H20Cl2N6O3S. The summed E-state index contributed by atoms with van der Waals surface area (Å²) in [6.07, 6.45) is 1.65. The van der Waals surface area contributed by atoms with E-state index in [0.717, 1.165) is 5.69 Å². The smallest absolute Gasteiger partial charge is 0.244 e. The van der Waals surface area contributed by atoms with Crippen molar-refractivity contribution in [3.05, 3.63) is 58.7 Å². The number of carbonyl (C=O) groups is 1. The molecule has 0 aliphatic carbocycles. The molecule has 2 N–H and O–H groups in total. The average molecular weight is 495 g/mol. The number of anilines is 1. The number of piperazine rings is 1. The van der Waals surface area contributed by atoms with Crippen LogP contribution in [0.25, 0.3) is 11.3 Å². The van der Waals surface area contributed by atoms with Gasteiger partial charge < -0.3 is 9.80 Å². The first-order valence-corrected chi connectivity index (χ1v) is 12.0. The van der Waals surface area contributed by atoms with Crippen LogP contribution >= 0.6 is 23.2 Å². The number of halogens is 2. The van der Waals surface area contributed by atoms with Crippen molar-refractivity contribution in [1.29, 1.82) is 0 Å². The number of hydrogen-bond donors (Lipinski definition) is 1. The third-order valence-electron chi connectivity index (χ3n) is 5.16. The van der Waals surface area contributed by atoms with E-state index in [-0.39, 0.29) is 17.3 Å². The molecule has 1 aliphatic heterocycles. The molecule has 0 unspecified atom stereocenters. The van der Waals surface area contributed by atoms with Crippen LogP contribution in [-0.4, -0.2) is 60.4 Å². The number of hydrogen-bond acceptors (Lipinski definition) is 6. The number of aromatic nitrogens is 3. The maximum atomic E-state index is 12.7. The van der Waals surface area contributed by atoms with Crippen LogP contribution in [-0.2, 0) is 21.4 Å². The second kappa shape index (κ2) is 9.07. The highest BCUT2D eigenvalue weighted by Gasteiger charge is 2.22. The standard InChI is InChI=1S/C20H20Cl2N6O3S/c21-15-9-16(22)11-17(10-15)26-5-7-27(8-6-26)20(29)13-28-12-19(24-25-28)14-1-3-18(4-2-14)32(23,30)31/h1-4,9-12H,5-8,13H2,(H2,23,30,31). The molecule has 0 atom stereocenters.